The van der Waals surface area contributed by atoms with Crippen LogP contribution < -0.4 is 5.43 Å². The molecular weight excluding hydrogens is 395 g/mol. The summed E-state index contributed by atoms with van der Waals surface area (Å²) in [6, 6.07) is 15.3. The summed E-state index contributed by atoms with van der Waals surface area (Å²) in [4.78, 5) is 27.7. The van der Waals surface area contributed by atoms with Crippen LogP contribution in [0.5, 0.6) is 0 Å². The van der Waals surface area contributed by atoms with E-state index in [2.05, 4.69) is 4.98 Å². The highest BCUT2D eigenvalue weighted by Gasteiger charge is 2.30. The van der Waals surface area contributed by atoms with Crippen LogP contribution in [0.2, 0.25) is 0 Å². The van der Waals surface area contributed by atoms with E-state index in [1.54, 1.807) is 6.20 Å². The van der Waals surface area contributed by atoms with Gasteiger partial charge in [0.25, 0.3) is 0 Å². The molecular formula is C23H20F3NO3. The van der Waals surface area contributed by atoms with Crippen LogP contribution in [0, 0.1) is 5.92 Å². The number of alkyl halides is 3. The van der Waals surface area contributed by atoms with E-state index in [0.717, 1.165) is 17.7 Å². The van der Waals surface area contributed by atoms with Crippen LogP contribution in [-0.2, 0) is 35.2 Å². The van der Waals surface area contributed by atoms with Crippen molar-refractivity contribution in [3.63, 3.8) is 0 Å². The van der Waals surface area contributed by atoms with Crippen LogP contribution in [0.4, 0.5) is 13.2 Å². The molecule has 3 aromatic rings. The summed E-state index contributed by atoms with van der Waals surface area (Å²) >= 11 is 0. The number of esters is 1. The van der Waals surface area contributed by atoms with Crippen molar-refractivity contribution in [2.24, 2.45) is 5.92 Å². The standard InChI is InChI=1S/C23H20F3NO3/c24-23(25,26)20-8-4-7-17(12-20)15-30-22(29)18(11-16-5-2-1-3-6-16)13-19-14-27-10-9-21(19)28/h1-10,12,14,18H,11,13,15H2,(H,27,28). The van der Waals surface area contributed by atoms with E-state index in [0.29, 0.717) is 12.0 Å². The zero-order chi connectivity index (χ0) is 21.6. The van der Waals surface area contributed by atoms with Gasteiger partial charge in [0.05, 0.1) is 11.5 Å². The molecule has 0 spiro atoms. The maximum atomic E-state index is 12.9. The van der Waals surface area contributed by atoms with Crippen molar-refractivity contribution < 1.29 is 22.7 Å². The van der Waals surface area contributed by atoms with Crippen molar-refractivity contribution in [2.75, 3.05) is 0 Å². The van der Waals surface area contributed by atoms with Crippen LogP contribution in [0.15, 0.2) is 77.9 Å². The van der Waals surface area contributed by atoms with Gasteiger partial charge in [0.1, 0.15) is 6.61 Å². The highest BCUT2D eigenvalue weighted by atomic mass is 19.4. The molecule has 0 bridgehead atoms. The van der Waals surface area contributed by atoms with Gasteiger partial charge in [-0.3, -0.25) is 9.59 Å². The van der Waals surface area contributed by atoms with Crippen LogP contribution in [0.1, 0.15) is 22.3 Å². The summed E-state index contributed by atoms with van der Waals surface area (Å²) in [6.07, 6.45) is -0.919. The lowest BCUT2D eigenvalue weighted by Gasteiger charge is -2.16. The number of rotatable bonds is 7. The minimum absolute atomic E-state index is 0.159. The highest BCUT2D eigenvalue weighted by Crippen LogP contribution is 2.29. The molecule has 4 nitrogen and oxygen atoms in total. The van der Waals surface area contributed by atoms with Crippen molar-refractivity contribution in [2.45, 2.75) is 25.6 Å². The molecule has 156 valence electrons. The minimum Gasteiger partial charge on any atom is -0.461 e. The Hall–Kier alpha value is -3.35. The van der Waals surface area contributed by atoms with Crippen LogP contribution in [0.25, 0.3) is 0 Å². The van der Waals surface area contributed by atoms with Crippen LogP contribution >= 0.6 is 0 Å². The van der Waals surface area contributed by atoms with Gasteiger partial charge in [-0.15, -0.1) is 0 Å². The molecule has 2 aromatic carbocycles. The molecule has 1 heterocycles. The second-order valence-electron chi connectivity index (χ2n) is 6.93. The van der Waals surface area contributed by atoms with Gasteiger partial charge in [-0.25, -0.2) is 0 Å². The maximum Gasteiger partial charge on any atom is 0.416 e. The molecule has 1 unspecified atom stereocenters. The maximum absolute atomic E-state index is 12.9. The van der Waals surface area contributed by atoms with Crippen molar-refractivity contribution in [1.29, 1.82) is 0 Å². The zero-order valence-electron chi connectivity index (χ0n) is 16.0. The van der Waals surface area contributed by atoms with Gasteiger partial charge >= 0.3 is 12.1 Å². The third-order valence-corrected chi connectivity index (χ3v) is 4.66. The Labute approximate surface area is 171 Å². The Morgan fingerprint density at radius 2 is 1.70 bits per heavy atom. The van der Waals surface area contributed by atoms with Gasteiger partial charge in [-0.05, 0) is 36.1 Å². The number of carbonyl (C=O) groups is 1. The Bertz CT molecular complexity index is 1050. The molecule has 3 rings (SSSR count). The topological polar surface area (TPSA) is 59.2 Å². The fourth-order valence-electron chi connectivity index (χ4n) is 3.12. The third-order valence-electron chi connectivity index (χ3n) is 4.66. The number of halogens is 3. The van der Waals surface area contributed by atoms with Crippen LogP contribution in [0.3, 0.4) is 0 Å². The number of aromatic nitrogens is 1. The Morgan fingerprint density at radius 1 is 0.967 bits per heavy atom. The molecule has 1 N–H and O–H groups in total. The minimum atomic E-state index is -4.47. The van der Waals surface area contributed by atoms with E-state index in [1.807, 2.05) is 30.3 Å². The smallest absolute Gasteiger partial charge is 0.416 e. The predicted molar refractivity (Wildman–Crippen MR) is 106 cm³/mol. The molecule has 1 aromatic heterocycles. The number of ether oxygens (including phenoxy) is 1. The van der Waals surface area contributed by atoms with Gasteiger partial charge in [0, 0.05) is 24.0 Å². The number of H-pyrrole nitrogens is 1. The summed E-state index contributed by atoms with van der Waals surface area (Å²) in [5.41, 5.74) is 0.583. The molecule has 0 aliphatic carbocycles. The molecule has 1 atom stereocenters. The summed E-state index contributed by atoms with van der Waals surface area (Å²) in [6.45, 7) is -0.279. The molecule has 0 aliphatic rings. The monoisotopic (exact) mass is 415 g/mol. The van der Waals surface area contributed by atoms with Gasteiger partial charge in [0.15, 0.2) is 5.43 Å². The molecule has 30 heavy (non-hydrogen) atoms. The average Bonchev–Trinajstić information content (AvgIpc) is 2.73. The molecule has 7 heteroatoms. The lowest BCUT2D eigenvalue weighted by Crippen LogP contribution is -2.25. The fraction of sp³-hybridized carbons (Fsp3) is 0.217. The number of benzene rings is 2. The summed E-state index contributed by atoms with van der Waals surface area (Å²) in [5, 5.41) is 0. The Balaban J connectivity index is 1.75. The summed E-state index contributed by atoms with van der Waals surface area (Å²) in [7, 11) is 0. The Morgan fingerprint density at radius 3 is 2.40 bits per heavy atom. The first kappa shape index (κ1) is 21.4. The van der Waals surface area contributed by atoms with Gasteiger partial charge < -0.3 is 9.72 Å². The number of nitrogens with one attached hydrogen (secondary N) is 1. The molecule has 0 saturated carbocycles. The van der Waals surface area contributed by atoms with E-state index >= 15 is 0 Å². The number of hydrogen-bond acceptors (Lipinski definition) is 3. The van der Waals surface area contributed by atoms with E-state index in [4.69, 9.17) is 4.74 Å². The fourth-order valence-corrected chi connectivity index (χ4v) is 3.12. The van der Waals surface area contributed by atoms with Gasteiger partial charge in [-0.1, -0.05) is 42.5 Å². The number of hydrogen-bond donors (Lipinski definition) is 1. The lowest BCUT2D eigenvalue weighted by molar-refractivity contribution is -0.149. The molecule has 0 saturated heterocycles. The molecule has 0 radical (unpaired) electrons. The van der Waals surface area contributed by atoms with Crippen molar-refractivity contribution in [1.82, 2.24) is 4.98 Å². The van der Waals surface area contributed by atoms with Crippen molar-refractivity contribution in [3.8, 4) is 0 Å². The van der Waals surface area contributed by atoms with Crippen LogP contribution in [-0.4, -0.2) is 11.0 Å². The molecule has 0 amide bonds. The van der Waals surface area contributed by atoms with Gasteiger partial charge in [-0.2, -0.15) is 13.2 Å². The normalized spacial score (nSPS) is 12.4. The average molecular weight is 415 g/mol. The first-order valence-electron chi connectivity index (χ1n) is 9.35. The second-order valence-corrected chi connectivity index (χ2v) is 6.93. The van der Waals surface area contributed by atoms with E-state index in [1.165, 1.54) is 24.4 Å². The lowest BCUT2D eigenvalue weighted by atomic mass is 9.93. The van der Waals surface area contributed by atoms with E-state index < -0.39 is 23.6 Å². The van der Waals surface area contributed by atoms with E-state index in [9.17, 15) is 22.8 Å². The quantitative estimate of drug-likeness (QED) is 0.577. The number of pyridine rings is 1. The summed E-state index contributed by atoms with van der Waals surface area (Å²) in [5.74, 6) is -1.22. The number of carbonyl (C=O) groups excluding carboxylic acids is 1. The van der Waals surface area contributed by atoms with Gasteiger partial charge in [0.2, 0.25) is 0 Å². The second kappa shape index (κ2) is 9.43. The van der Waals surface area contributed by atoms with E-state index in [-0.39, 0.29) is 24.0 Å². The zero-order valence-corrected chi connectivity index (χ0v) is 16.0. The Kier molecular flexibility index (Phi) is 6.72. The number of aromatic amines is 1. The molecule has 0 fully saturated rings. The van der Waals surface area contributed by atoms with Crippen molar-refractivity contribution >= 4 is 5.97 Å². The largest absolute Gasteiger partial charge is 0.461 e. The first-order chi connectivity index (χ1) is 14.3. The predicted octanol–water partition coefficient (Wildman–Crippen LogP) is 4.54. The third kappa shape index (κ3) is 5.83. The van der Waals surface area contributed by atoms with Crippen molar-refractivity contribution in [3.05, 3.63) is 106 Å². The first-order valence-corrected chi connectivity index (χ1v) is 9.35. The summed E-state index contributed by atoms with van der Waals surface area (Å²) < 4.78 is 44.0. The molecule has 0 aliphatic heterocycles. The SMILES string of the molecule is O=C(OCc1cccc(C(F)(F)F)c1)C(Cc1ccccc1)Cc1c[nH]ccc1=O. The highest BCUT2D eigenvalue weighted by molar-refractivity contribution is 5.73.